The number of rotatable bonds is 5. The van der Waals surface area contributed by atoms with Crippen LogP contribution in [-0.2, 0) is 28.9 Å². The highest BCUT2D eigenvalue weighted by Crippen LogP contribution is 2.27. The fourth-order valence-electron chi connectivity index (χ4n) is 3.58. The number of methoxy groups -OCH3 is 1. The second kappa shape index (κ2) is 8.23. The third kappa shape index (κ3) is 4.05. The SMILES string of the molecule is CCOCc1nc2c(c(N3CCCC(OC)C3)n1)CCN(C)CC2. The van der Waals surface area contributed by atoms with Crippen molar-refractivity contribution in [1.29, 1.82) is 0 Å². The maximum Gasteiger partial charge on any atom is 0.156 e. The topological polar surface area (TPSA) is 50.7 Å². The number of aromatic nitrogens is 2. The number of hydrogen-bond donors (Lipinski definition) is 0. The number of anilines is 1. The minimum Gasteiger partial charge on any atom is -0.380 e. The van der Waals surface area contributed by atoms with Gasteiger partial charge in [0.05, 0.1) is 11.8 Å². The summed E-state index contributed by atoms with van der Waals surface area (Å²) < 4.78 is 11.2. The Hall–Kier alpha value is -1.24. The first-order valence-corrected chi connectivity index (χ1v) is 9.14. The highest BCUT2D eigenvalue weighted by atomic mass is 16.5. The Kier molecular flexibility index (Phi) is 6.03. The first-order valence-electron chi connectivity index (χ1n) is 9.14. The highest BCUT2D eigenvalue weighted by Gasteiger charge is 2.26. The molecule has 0 amide bonds. The first kappa shape index (κ1) is 17.6. The van der Waals surface area contributed by atoms with E-state index in [1.54, 1.807) is 0 Å². The van der Waals surface area contributed by atoms with Gasteiger partial charge in [0.25, 0.3) is 0 Å². The van der Waals surface area contributed by atoms with E-state index < -0.39 is 0 Å². The number of fused-ring (bicyclic) bond motifs is 1. The summed E-state index contributed by atoms with van der Waals surface area (Å²) in [6.07, 6.45) is 4.59. The molecule has 1 aromatic heterocycles. The molecular weight excluding hydrogens is 304 g/mol. The average molecular weight is 334 g/mol. The quantitative estimate of drug-likeness (QED) is 0.816. The number of hydrogen-bond acceptors (Lipinski definition) is 6. The number of ether oxygens (including phenoxy) is 2. The zero-order valence-corrected chi connectivity index (χ0v) is 15.3. The fourth-order valence-corrected chi connectivity index (χ4v) is 3.58. The van der Waals surface area contributed by atoms with Crippen LogP contribution < -0.4 is 4.90 Å². The largest absolute Gasteiger partial charge is 0.380 e. The molecule has 2 aliphatic rings. The molecule has 1 unspecified atom stereocenters. The summed E-state index contributed by atoms with van der Waals surface area (Å²) in [5.41, 5.74) is 2.54. The third-order valence-electron chi connectivity index (χ3n) is 5.04. The van der Waals surface area contributed by atoms with Gasteiger partial charge in [-0.15, -0.1) is 0 Å². The number of nitrogens with zero attached hydrogens (tertiary/aromatic N) is 4. The van der Waals surface area contributed by atoms with E-state index in [1.165, 1.54) is 11.3 Å². The van der Waals surface area contributed by atoms with Gasteiger partial charge in [0.2, 0.25) is 0 Å². The molecule has 0 aromatic carbocycles. The monoisotopic (exact) mass is 334 g/mol. The Labute approximate surface area is 145 Å². The van der Waals surface area contributed by atoms with E-state index in [1.807, 2.05) is 14.0 Å². The minimum absolute atomic E-state index is 0.299. The molecule has 3 heterocycles. The molecule has 3 rings (SSSR count). The first-order chi connectivity index (χ1) is 11.7. The third-order valence-corrected chi connectivity index (χ3v) is 5.04. The molecule has 1 aromatic rings. The fraction of sp³-hybridized carbons (Fsp3) is 0.778. The summed E-state index contributed by atoms with van der Waals surface area (Å²) in [5, 5.41) is 0. The summed E-state index contributed by atoms with van der Waals surface area (Å²) in [5.74, 6) is 1.93. The van der Waals surface area contributed by atoms with Crippen LogP contribution in [0.3, 0.4) is 0 Å². The molecule has 6 nitrogen and oxygen atoms in total. The lowest BCUT2D eigenvalue weighted by molar-refractivity contribution is 0.0890. The smallest absolute Gasteiger partial charge is 0.156 e. The van der Waals surface area contributed by atoms with Gasteiger partial charge in [-0.2, -0.15) is 0 Å². The maximum absolute atomic E-state index is 5.61. The Morgan fingerprint density at radius 2 is 2.00 bits per heavy atom. The van der Waals surface area contributed by atoms with E-state index in [-0.39, 0.29) is 0 Å². The second-order valence-electron chi connectivity index (χ2n) is 6.78. The summed E-state index contributed by atoms with van der Waals surface area (Å²) in [4.78, 5) is 14.5. The van der Waals surface area contributed by atoms with Crippen LogP contribution in [0, 0.1) is 0 Å². The van der Waals surface area contributed by atoms with Crippen molar-refractivity contribution in [1.82, 2.24) is 14.9 Å². The Morgan fingerprint density at radius 1 is 1.17 bits per heavy atom. The average Bonchev–Trinajstić information content (AvgIpc) is 2.81. The van der Waals surface area contributed by atoms with Crippen LogP contribution in [0.5, 0.6) is 0 Å². The summed E-state index contributed by atoms with van der Waals surface area (Å²) >= 11 is 0. The predicted molar refractivity (Wildman–Crippen MR) is 94.5 cm³/mol. The lowest BCUT2D eigenvalue weighted by Crippen LogP contribution is -2.40. The van der Waals surface area contributed by atoms with Gasteiger partial charge < -0.3 is 19.3 Å². The van der Waals surface area contributed by atoms with E-state index in [9.17, 15) is 0 Å². The van der Waals surface area contributed by atoms with Crippen molar-refractivity contribution in [3.05, 3.63) is 17.1 Å². The van der Waals surface area contributed by atoms with E-state index in [2.05, 4.69) is 16.8 Å². The molecule has 6 heteroatoms. The van der Waals surface area contributed by atoms with E-state index >= 15 is 0 Å². The van der Waals surface area contributed by atoms with Crippen molar-refractivity contribution in [2.45, 2.75) is 45.3 Å². The molecule has 1 atom stereocenters. The Balaban J connectivity index is 1.92. The predicted octanol–water partition coefficient (Wildman–Crippen LogP) is 1.66. The lowest BCUT2D eigenvalue weighted by atomic mass is 10.0. The van der Waals surface area contributed by atoms with Crippen LogP contribution in [0.4, 0.5) is 5.82 Å². The summed E-state index contributed by atoms with van der Waals surface area (Å²) in [6, 6.07) is 0. The molecule has 0 spiro atoms. The Bertz CT molecular complexity index is 552. The van der Waals surface area contributed by atoms with Crippen molar-refractivity contribution in [2.75, 3.05) is 51.8 Å². The number of likely N-dealkylation sites (N-methyl/N-ethyl adjacent to an activating group) is 1. The van der Waals surface area contributed by atoms with Crippen molar-refractivity contribution in [3.63, 3.8) is 0 Å². The van der Waals surface area contributed by atoms with Crippen molar-refractivity contribution >= 4 is 5.82 Å². The molecule has 2 aliphatic heterocycles. The van der Waals surface area contributed by atoms with Crippen LogP contribution in [-0.4, -0.2) is 67.9 Å². The van der Waals surface area contributed by atoms with Crippen LogP contribution in [0.25, 0.3) is 0 Å². The highest BCUT2D eigenvalue weighted by molar-refractivity contribution is 5.50. The van der Waals surface area contributed by atoms with E-state index in [0.717, 1.165) is 63.5 Å². The molecule has 1 saturated heterocycles. The molecule has 0 aliphatic carbocycles. The van der Waals surface area contributed by atoms with Crippen LogP contribution >= 0.6 is 0 Å². The van der Waals surface area contributed by atoms with Crippen molar-refractivity contribution in [2.24, 2.45) is 0 Å². The molecule has 0 saturated carbocycles. The molecule has 0 bridgehead atoms. The van der Waals surface area contributed by atoms with Gasteiger partial charge >= 0.3 is 0 Å². The van der Waals surface area contributed by atoms with Gasteiger partial charge in [-0.1, -0.05) is 0 Å². The van der Waals surface area contributed by atoms with Crippen molar-refractivity contribution < 1.29 is 9.47 Å². The second-order valence-corrected chi connectivity index (χ2v) is 6.78. The molecule has 0 N–H and O–H groups in total. The maximum atomic E-state index is 5.61. The van der Waals surface area contributed by atoms with Crippen LogP contribution in [0.15, 0.2) is 0 Å². The van der Waals surface area contributed by atoms with Crippen molar-refractivity contribution in [3.8, 4) is 0 Å². The molecular formula is C18H30N4O2. The van der Waals surface area contributed by atoms with Gasteiger partial charge in [0.15, 0.2) is 5.82 Å². The van der Waals surface area contributed by atoms with Gasteiger partial charge in [0.1, 0.15) is 12.4 Å². The van der Waals surface area contributed by atoms with Gasteiger partial charge in [0, 0.05) is 51.9 Å². The van der Waals surface area contributed by atoms with Crippen LogP contribution in [0.1, 0.15) is 36.8 Å². The van der Waals surface area contributed by atoms with E-state index in [4.69, 9.17) is 19.4 Å². The van der Waals surface area contributed by atoms with Gasteiger partial charge in [-0.25, -0.2) is 9.97 Å². The molecule has 1 fully saturated rings. The Morgan fingerprint density at radius 3 is 2.79 bits per heavy atom. The lowest BCUT2D eigenvalue weighted by Gasteiger charge is -2.34. The van der Waals surface area contributed by atoms with Crippen LogP contribution in [0.2, 0.25) is 0 Å². The standard InChI is InChI=1S/C18H30N4O2/c1-4-24-13-17-19-16-8-11-21(2)10-7-15(16)18(20-17)22-9-5-6-14(12-22)23-3/h14H,4-13H2,1-3H3. The normalized spacial score (nSPS) is 22.3. The van der Waals surface area contributed by atoms with Gasteiger partial charge in [-0.05, 0) is 33.2 Å². The minimum atomic E-state index is 0.299. The van der Waals surface area contributed by atoms with E-state index in [0.29, 0.717) is 19.3 Å². The molecule has 0 radical (unpaired) electrons. The molecule has 24 heavy (non-hydrogen) atoms. The number of piperidine rings is 1. The van der Waals surface area contributed by atoms with Gasteiger partial charge in [-0.3, -0.25) is 0 Å². The zero-order chi connectivity index (χ0) is 16.9. The molecule has 134 valence electrons. The zero-order valence-electron chi connectivity index (χ0n) is 15.3. The summed E-state index contributed by atoms with van der Waals surface area (Å²) in [6.45, 7) is 7.28. The summed E-state index contributed by atoms with van der Waals surface area (Å²) in [7, 11) is 3.99.